The van der Waals surface area contributed by atoms with Crippen molar-refractivity contribution in [3.63, 3.8) is 0 Å². The summed E-state index contributed by atoms with van der Waals surface area (Å²) < 4.78 is 62.5. The van der Waals surface area contributed by atoms with E-state index in [-0.39, 0.29) is 42.3 Å². The van der Waals surface area contributed by atoms with Crippen molar-refractivity contribution >= 4 is 17.5 Å². The molecule has 1 aliphatic rings. The van der Waals surface area contributed by atoms with Gasteiger partial charge in [-0.1, -0.05) is 6.07 Å². The summed E-state index contributed by atoms with van der Waals surface area (Å²) in [6, 6.07) is 9.67. The van der Waals surface area contributed by atoms with Crippen LogP contribution in [0.2, 0.25) is 0 Å². The Kier molecular flexibility index (Phi) is 7.90. The van der Waals surface area contributed by atoms with Gasteiger partial charge in [0.25, 0.3) is 11.5 Å². The number of pyridine rings is 1. The van der Waals surface area contributed by atoms with E-state index in [4.69, 9.17) is 4.74 Å². The second kappa shape index (κ2) is 11.2. The van der Waals surface area contributed by atoms with Crippen molar-refractivity contribution in [1.82, 2.24) is 9.88 Å². The molecule has 0 radical (unpaired) electrons. The van der Waals surface area contributed by atoms with Crippen molar-refractivity contribution in [3.8, 4) is 11.5 Å². The van der Waals surface area contributed by atoms with Crippen LogP contribution in [0.15, 0.2) is 65.6 Å². The lowest BCUT2D eigenvalue weighted by atomic mass is 9.93. The normalized spacial score (nSPS) is 17.3. The SMILES string of the molecule is COc1ccc([C@@H]2CN(c3cccn(CCO)c3=O)C(=O)[C@H]2NC(=O)c2ccc(OC(F)(F)F)cc2)c(F)c1. The molecule has 13 heteroatoms. The molecule has 0 saturated carbocycles. The van der Waals surface area contributed by atoms with E-state index in [0.717, 1.165) is 35.2 Å². The lowest BCUT2D eigenvalue weighted by Gasteiger charge is -2.19. The molecule has 2 heterocycles. The first-order chi connectivity index (χ1) is 18.5. The summed E-state index contributed by atoms with van der Waals surface area (Å²) in [4.78, 5) is 40.6. The van der Waals surface area contributed by atoms with Gasteiger partial charge in [0.1, 0.15) is 29.0 Å². The number of hydrogen-bond acceptors (Lipinski definition) is 6. The fourth-order valence-corrected chi connectivity index (χ4v) is 4.37. The molecule has 0 spiro atoms. The molecular weight excluding hydrogens is 526 g/mol. The average molecular weight is 549 g/mol. The Morgan fingerprint density at radius 3 is 2.41 bits per heavy atom. The molecule has 0 bridgehead atoms. The number of carbonyl (C=O) groups excluding carboxylic acids is 2. The van der Waals surface area contributed by atoms with Crippen LogP contribution in [0.4, 0.5) is 23.2 Å². The highest BCUT2D eigenvalue weighted by Crippen LogP contribution is 2.34. The van der Waals surface area contributed by atoms with E-state index >= 15 is 4.39 Å². The minimum atomic E-state index is -4.91. The van der Waals surface area contributed by atoms with Crippen LogP contribution in [0.3, 0.4) is 0 Å². The maximum Gasteiger partial charge on any atom is 0.573 e. The molecule has 9 nitrogen and oxygen atoms in total. The van der Waals surface area contributed by atoms with E-state index in [9.17, 15) is 32.7 Å². The van der Waals surface area contributed by atoms with Gasteiger partial charge in [-0.2, -0.15) is 0 Å². The summed E-state index contributed by atoms with van der Waals surface area (Å²) in [5.74, 6) is -3.45. The predicted molar refractivity (Wildman–Crippen MR) is 130 cm³/mol. The number of rotatable bonds is 8. The molecule has 3 aromatic rings. The smallest absolute Gasteiger partial charge is 0.497 e. The molecule has 2 atom stereocenters. The van der Waals surface area contributed by atoms with E-state index in [1.807, 2.05) is 0 Å². The number of nitrogens with zero attached hydrogens (tertiary/aromatic N) is 2. The number of anilines is 1. The number of halogens is 4. The second-order valence-electron chi connectivity index (χ2n) is 8.58. The van der Waals surface area contributed by atoms with Crippen LogP contribution in [0.1, 0.15) is 21.8 Å². The Morgan fingerprint density at radius 2 is 1.79 bits per heavy atom. The molecule has 1 aliphatic heterocycles. The van der Waals surface area contributed by atoms with Crippen LogP contribution in [0.25, 0.3) is 0 Å². The Hall–Kier alpha value is -4.39. The third-order valence-electron chi connectivity index (χ3n) is 6.19. The highest BCUT2D eigenvalue weighted by atomic mass is 19.4. The Bertz CT molecular complexity index is 1420. The first kappa shape index (κ1) is 27.6. The van der Waals surface area contributed by atoms with Crippen LogP contribution in [-0.2, 0) is 11.3 Å². The van der Waals surface area contributed by atoms with Crippen molar-refractivity contribution in [3.05, 3.63) is 88.1 Å². The van der Waals surface area contributed by atoms with E-state index in [2.05, 4.69) is 10.1 Å². The first-order valence-corrected chi connectivity index (χ1v) is 11.6. The van der Waals surface area contributed by atoms with E-state index in [1.54, 1.807) is 0 Å². The number of aliphatic hydroxyl groups is 1. The first-order valence-electron chi connectivity index (χ1n) is 11.6. The second-order valence-corrected chi connectivity index (χ2v) is 8.58. The zero-order valence-corrected chi connectivity index (χ0v) is 20.4. The van der Waals surface area contributed by atoms with Gasteiger partial charge in [0.05, 0.1) is 13.7 Å². The fraction of sp³-hybridized carbons (Fsp3) is 0.269. The predicted octanol–water partition coefficient (Wildman–Crippen LogP) is 2.82. The lowest BCUT2D eigenvalue weighted by molar-refractivity contribution is -0.274. The molecule has 206 valence electrons. The number of alkyl halides is 3. The number of ether oxygens (including phenoxy) is 2. The molecule has 0 aliphatic carbocycles. The number of amides is 2. The highest BCUT2D eigenvalue weighted by molar-refractivity contribution is 6.05. The molecule has 2 N–H and O–H groups in total. The van der Waals surface area contributed by atoms with Gasteiger partial charge in [-0.25, -0.2) is 4.39 Å². The topological polar surface area (TPSA) is 110 Å². The van der Waals surface area contributed by atoms with Crippen LogP contribution in [0.5, 0.6) is 11.5 Å². The molecule has 1 saturated heterocycles. The molecule has 1 fully saturated rings. The molecular formula is C26H23F4N3O6. The number of aromatic nitrogens is 1. The van der Waals surface area contributed by atoms with Crippen LogP contribution >= 0.6 is 0 Å². The Balaban J connectivity index is 1.67. The molecule has 2 amide bonds. The minimum absolute atomic E-state index is 0.0144. The number of methoxy groups -OCH3 is 1. The summed E-state index contributed by atoms with van der Waals surface area (Å²) >= 11 is 0. The number of carbonyl (C=O) groups is 2. The van der Waals surface area contributed by atoms with Crippen molar-refractivity contribution < 1.29 is 41.7 Å². The number of benzene rings is 2. The van der Waals surface area contributed by atoms with Crippen molar-refractivity contribution in [2.45, 2.75) is 24.9 Å². The van der Waals surface area contributed by atoms with E-state index in [1.165, 1.54) is 42.1 Å². The summed E-state index contributed by atoms with van der Waals surface area (Å²) in [5, 5.41) is 11.8. The average Bonchev–Trinajstić information content (AvgIpc) is 3.20. The lowest BCUT2D eigenvalue weighted by Crippen LogP contribution is -2.44. The van der Waals surface area contributed by atoms with Gasteiger partial charge in [-0.05, 0) is 48.0 Å². The highest BCUT2D eigenvalue weighted by Gasteiger charge is 2.44. The zero-order chi connectivity index (χ0) is 28.3. The molecule has 2 aromatic carbocycles. The van der Waals surface area contributed by atoms with Gasteiger partial charge in [0.15, 0.2) is 0 Å². The van der Waals surface area contributed by atoms with Crippen LogP contribution < -0.4 is 25.2 Å². The van der Waals surface area contributed by atoms with Gasteiger partial charge in [0, 0.05) is 36.8 Å². The molecule has 0 unspecified atom stereocenters. The van der Waals surface area contributed by atoms with Gasteiger partial charge in [-0.3, -0.25) is 14.4 Å². The van der Waals surface area contributed by atoms with Gasteiger partial charge >= 0.3 is 6.36 Å². The summed E-state index contributed by atoms with van der Waals surface area (Å²) in [6.07, 6.45) is -3.47. The summed E-state index contributed by atoms with van der Waals surface area (Å²) in [6.45, 7) is -0.494. The largest absolute Gasteiger partial charge is 0.573 e. The quantitative estimate of drug-likeness (QED) is 0.419. The van der Waals surface area contributed by atoms with Gasteiger partial charge in [-0.15, -0.1) is 13.2 Å². The van der Waals surface area contributed by atoms with E-state index < -0.39 is 47.3 Å². The molecule has 39 heavy (non-hydrogen) atoms. The zero-order valence-electron chi connectivity index (χ0n) is 20.4. The number of aliphatic hydroxyl groups excluding tert-OH is 1. The Morgan fingerprint density at radius 1 is 1.10 bits per heavy atom. The minimum Gasteiger partial charge on any atom is -0.497 e. The van der Waals surface area contributed by atoms with Gasteiger partial charge < -0.3 is 29.4 Å². The van der Waals surface area contributed by atoms with Crippen molar-refractivity contribution in [2.75, 3.05) is 25.2 Å². The third-order valence-corrected chi connectivity index (χ3v) is 6.19. The van der Waals surface area contributed by atoms with Crippen molar-refractivity contribution in [1.29, 1.82) is 0 Å². The fourth-order valence-electron chi connectivity index (χ4n) is 4.37. The summed E-state index contributed by atoms with van der Waals surface area (Å²) in [7, 11) is 1.36. The monoisotopic (exact) mass is 549 g/mol. The maximum absolute atomic E-state index is 15.1. The van der Waals surface area contributed by atoms with Crippen LogP contribution in [-0.4, -0.2) is 54.2 Å². The molecule has 4 rings (SSSR count). The standard InChI is InChI=1S/C26H23F4N3O6/c1-38-17-8-9-18(20(27)13-17)19-14-33(21-3-2-10-32(11-12-34)24(21)36)25(37)22(19)31-23(35)15-4-6-16(7-5-15)39-26(28,29)30/h2-10,13,19,22,34H,11-12,14H2,1H3,(H,31,35)/t19-,22-/m0/s1. The molecule has 1 aromatic heterocycles. The Labute approximate surface area is 219 Å². The van der Waals surface area contributed by atoms with Crippen molar-refractivity contribution in [2.24, 2.45) is 0 Å². The van der Waals surface area contributed by atoms with Crippen LogP contribution in [0, 0.1) is 5.82 Å². The summed E-state index contributed by atoms with van der Waals surface area (Å²) in [5.41, 5.74) is -0.589. The van der Waals surface area contributed by atoms with Gasteiger partial charge in [0.2, 0.25) is 5.91 Å². The number of hydrogen-bond donors (Lipinski definition) is 2. The maximum atomic E-state index is 15.1. The third kappa shape index (κ3) is 6.03. The van der Waals surface area contributed by atoms with E-state index in [0.29, 0.717) is 0 Å². The number of nitrogens with one attached hydrogen (secondary N) is 1.